The van der Waals surface area contributed by atoms with Gasteiger partial charge in [-0.15, -0.1) is 0 Å². The molecule has 0 unspecified atom stereocenters. The quantitative estimate of drug-likeness (QED) is 0.731. The lowest BCUT2D eigenvalue weighted by Gasteiger charge is -2.07. The van der Waals surface area contributed by atoms with Crippen LogP contribution < -0.4 is 5.73 Å². The second kappa shape index (κ2) is 5.81. The van der Waals surface area contributed by atoms with Crippen molar-refractivity contribution < 1.29 is 0 Å². The third-order valence-electron chi connectivity index (χ3n) is 2.67. The molecule has 0 aliphatic rings. The van der Waals surface area contributed by atoms with Crippen LogP contribution in [0.25, 0.3) is 0 Å². The summed E-state index contributed by atoms with van der Waals surface area (Å²) in [6.45, 7) is 5.16. The van der Waals surface area contributed by atoms with E-state index in [-0.39, 0.29) is 0 Å². The number of rotatable bonds is 6. The Morgan fingerprint density at radius 3 is 2.71 bits per heavy atom. The fourth-order valence-electron chi connectivity index (χ4n) is 1.68. The average molecular weight is 195 g/mol. The lowest BCUT2D eigenvalue weighted by molar-refractivity contribution is 0.607. The third kappa shape index (κ3) is 2.84. The Labute approximate surface area is 86.1 Å². The Morgan fingerprint density at radius 2 is 2.14 bits per heavy atom. The topological polar surface area (TPSA) is 54.7 Å². The van der Waals surface area contributed by atoms with E-state index in [0.29, 0.717) is 5.92 Å². The maximum absolute atomic E-state index is 5.46. The van der Waals surface area contributed by atoms with Gasteiger partial charge in [-0.25, -0.2) is 4.98 Å². The Balaban J connectivity index is 2.57. The fraction of sp³-hybridized carbons (Fsp3) is 0.727. The van der Waals surface area contributed by atoms with Crippen molar-refractivity contribution in [1.29, 1.82) is 0 Å². The number of hydrogen-bond acceptors (Lipinski definition) is 2. The highest BCUT2D eigenvalue weighted by Crippen LogP contribution is 2.19. The van der Waals surface area contributed by atoms with Crippen molar-refractivity contribution in [3.8, 4) is 0 Å². The summed E-state index contributed by atoms with van der Waals surface area (Å²) < 4.78 is 0. The summed E-state index contributed by atoms with van der Waals surface area (Å²) in [6, 6.07) is 0. The van der Waals surface area contributed by atoms with Gasteiger partial charge in [0.05, 0.1) is 0 Å². The maximum atomic E-state index is 5.46. The van der Waals surface area contributed by atoms with Crippen LogP contribution in [0.4, 0.5) is 0 Å². The fourth-order valence-corrected chi connectivity index (χ4v) is 1.68. The molecular weight excluding hydrogens is 174 g/mol. The van der Waals surface area contributed by atoms with Crippen molar-refractivity contribution in [2.75, 3.05) is 6.54 Å². The summed E-state index contributed by atoms with van der Waals surface area (Å²) in [7, 11) is 0. The highest BCUT2D eigenvalue weighted by molar-refractivity contribution is 5.05. The van der Waals surface area contributed by atoms with Gasteiger partial charge in [0.25, 0.3) is 0 Å². The number of aromatic amines is 1. The lowest BCUT2D eigenvalue weighted by atomic mass is 10.0. The first-order valence-corrected chi connectivity index (χ1v) is 5.55. The summed E-state index contributed by atoms with van der Waals surface area (Å²) in [5.74, 6) is 1.73. The van der Waals surface area contributed by atoms with Crippen LogP contribution in [0, 0.1) is 0 Å². The van der Waals surface area contributed by atoms with Gasteiger partial charge in [-0.3, -0.25) is 0 Å². The molecule has 0 amide bonds. The number of H-pyrrole nitrogens is 1. The average Bonchev–Trinajstić information content (AvgIpc) is 2.65. The zero-order valence-electron chi connectivity index (χ0n) is 9.21. The van der Waals surface area contributed by atoms with Crippen LogP contribution in [-0.4, -0.2) is 16.5 Å². The van der Waals surface area contributed by atoms with E-state index in [0.717, 1.165) is 38.1 Å². The Bertz CT molecular complexity index is 251. The van der Waals surface area contributed by atoms with Crippen molar-refractivity contribution in [3.63, 3.8) is 0 Å². The van der Waals surface area contributed by atoms with E-state index in [2.05, 4.69) is 23.8 Å². The molecule has 0 aromatic carbocycles. The van der Waals surface area contributed by atoms with E-state index < -0.39 is 0 Å². The minimum atomic E-state index is 0.585. The van der Waals surface area contributed by atoms with Crippen molar-refractivity contribution in [3.05, 3.63) is 17.7 Å². The molecule has 1 rings (SSSR count). The number of imidazole rings is 1. The van der Waals surface area contributed by atoms with Gasteiger partial charge in [-0.1, -0.05) is 13.8 Å². The number of hydrogen-bond donors (Lipinski definition) is 2. The van der Waals surface area contributed by atoms with E-state index in [1.54, 1.807) is 0 Å². The molecule has 80 valence electrons. The summed E-state index contributed by atoms with van der Waals surface area (Å²) >= 11 is 0. The Hall–Kier alpha value is -0.830. The Kier molecular flexibility index (Phi) is 4.66. The smallest absolute Gasteiger partial charge is 0.109 e. The van der Waals surface area contributed by atoms with Crippen LogP contribution in [0.5, 0.6) is 0 Å². The first kappa shape index (κ1) is 11.2. The molecule has 3 nitrogen and oxygen atoms in total. The molecule has 3 N–H and O–H groups in total. The van der Waals surface area contributed by atoms with Crippen LogP contribution in [-0.2, 0) is 6.42 Å². The lowest BCUT2D eigenvalue weighted by Crippen LogP contribution is -2.01. The van der Waals surface area contributed by atoms with E-state index in [1.807, 2.05) is 6.20 Å². The largest absolute Gasteiger partial charge is 0.346 e. The first-order chi connectivity index (χ1) is 6.81. The first-order valence-electron chi connectivity index (χ1n) is 5.55. The molecule has 0 spiro atoms. The van der Waals surface area contributed by atoms with E-state index in [9.17, 15) is 0 Å². The van der Waals surface area contributed by atoms with Crippen molar-refractivity contribution in [1.82, 2.24) is 9.97 Å². The predicted octanol–water partition coefficient (Wildman–Crippen LogP) is 2.20. The van der Waals surface area contributed by atoms with Gasteiger partial charge in [0, 0.05) is 17.8 Å². The second-order valence-corrected chi connectivity index (χ2v) is 3.70. The summed E-state index contributed by atoms with van der Waals surface area (Å²) in [5, 5.41) is 0. The van der Waals surface area contributed by atoms with Crippen LogP contribution >= 0.6 is 0 Å². The van der Waals surface area contributed by atoms with Gasteiger partial charge < -0.3 is 10.7 Å². The molecule has 1 aromatic rings. The summed E-state index contributed by atoms with van der Waals surface area (Å²) in [6.07, 6.45) is 6.30. The molecule has 0 saturated heterocycles. The molecule has 0 atom stereocenters. The highest BCUT2D eigenvalue weighted by atomic mass is 14.9. The number of nitrogens with one attached hydrogen (secondary N) is 1. The van der Waals surface area contributed by atoms with Gasteiger partial charge in [0.15, 0.2) is 0 Å². The van der Waals surface area contributed by atoms with E-state index >= 15 is 0 Å². The van der Waals surface area contributed by atoms with Crippen molar-refractivity contribution in [2.24, 2.45) is 5.73 Å². The van der Waals surface area contributed by atoms with Gasteiger partial charge >= 0.3 is 0 Å². The van der Waals surface area contributed by atoms with Gasteiger partial charge in [0.2, 0.25) is 0 Å². The zero-order valence-corrected chi connectivity index (χ0v) is 9.21. The predicted molar refractivity (Wildman–Crippen MR) is 59.3 cm³/mol. The van der Waals surface area contributed by atoms with Crippen LogP contribution in [0.2, 0.25) is 0 Å². The van der Waals surface area contributed by atoms with Crippen molar-refractivity contribution in [2.45, 2.75) is 45.4 Å². The molecule has 1 heterocycles. The third-order valence-corrected chi connectivity index (χ3v) is 2.67. The molecule has 0 aliphatic carbocycles. The maximum Gasteiger partial charge on any atom is 0.109 e. The van der Waals surface area contributed by atoms with Crippen LogP contribution in [0.3, 0.4) is 0 Å². The highest BCUT2D eigenvalue weighted by Gasteiger charge is 2.10. The molecule has 3 heteroatoms. The zero-order chi connectivity index (χ0) is 10.4. The van der Waals surface area contributed by atoms with Gasteiger partial charge in [-0.2, -0.15) is 0 Å². The van der Waals surface area contributed by atoms with Crippen molar-refractivity contribution >= 4 is 0 Å². The Morgan fingerprint density at radius 1 is 1.43 bits per heavy atom. The number of aromatic nitrogens is 2. The van der Waals surface area contributed by atoms with E-state index in [1.165, 1.54) is 5.69 Å². The summed E-state index contributed by atoms with van der Waals surface area (Å²) in [4.78, 5) is 7.80. The number of nitrogens with zero attached hydrogens (tertiary/aromatic N) is 1. The van der Waals surface area contributed by atoms with Crippen LogP contribution in [0.15, 0.2) is 6.20 Å². The molecule has 0 saturated carbocycles. The molecule has 0 radical (unpaired) electrons. The number of aryl methyl sites for hydroxylation is 1. The minimum absolute atomic E-state index is 0.585. The van der Waals surface area contributed by atoms with Gasteiger partial charge in [0.1, 0.15) is 5.82 Å². The molecule has 0 bridgehead atoms. The SMILES string of the molecule is CCC(CC)c1ncc(CCCN)[nH]1. The second-order valence-electron chi connectivity index (χ2n) is 3.70. The standard InChI is InChI=1S/C11H21N3/c1-3-9(4-2)11-13-8-10(14-11)6-5-7-12/h8-9H,3-7,12H2,1-2H3,(H,13,14). The molecule has 0 aliphatic heterocycles. The minimum Gasteiger partial charge on any atom is -0.346 e. The molecule has 14 heavy (non-hydrogen) atoms. The summed E-state index contributed by atoms with van der Waals surface area (Å²) in [5.41, 5.74) is 6.68. The molecule has 1 aromatic heterocycles. The van der Waals surface area contributed by atoms with Crippen LogP contribution in [0.1, 0.15) is 50.5 Å². The molecule has 0 fully saturated rings. The monoisotopic (exact) mass is 195 g/mol. The number of nitrogens with two attached hydrogens (primary N) is 1. The van der Waals surface area contributed by atoms with Gasteiger partial charge in [-0.05, 0) is 32.2 Å². The van der Waals surface area contributed by atoms with E-state index in [4.69, 9.17) is 5.73 Å². The normalized spacial score (nSPS) is 11.1. The molecular formula is C11H21N3.